The van der Waals surface area contributed by atoms with Crippen molar-refractivity contribution in [1.82, 2.24) is 4.90 Å². The van der Waals surface area contributed by atoms with Crippen LogP contribution in [-0.2, 0) is 19.1 Å². The third-order valence-electron chi connectivity index (χ3n) is 5.84. The van der Waals surface area contributed by atoms with Crippen LogP contribution < -0.4 is 0 Å². The van der Waals surface area contributed by atoms with Crippen molar-refractivity contribution in [3.8, 4) is 0 Å². The summed E-state index contributed by atoms with van der Waals surface area (Å²) in [6.45, 7) is 8.94. The molecular weight excluding hydrogens is 306 g/mol. The van der Waals surface area contributed by atoms with E-state index in [1.165, 1.54) is 11.3 Å². The minimum absolute atomic E-state index is 0.0260. The Labute approximate surface area is 145 Å². The molecule has 5 heteroatoms. The molecule has 0 bridgehead atoms. The van der Waals surface area contributed by atoms with Crippen LogP contribution in [0.2, 0.25) is 0 Å². The van der Waals surface area contributed by atoms with Crippen molar-refractivity contribution in [2.45, 2.75) is 71.7 Å². The third kappa shape index (κ3) is 3.13. The normalized spacial score (nSPS) is 33.4. The van der Waals surface area contributed by atoms with Gasteiger partial charge in [0, 0.05) is 12.8 Å². The summed E-state index contributed by atoms with van der Waals surface area (Å²) in [6, 6.07) is 0. The highest BCUT2D eigenvalue weighted by molar-refractivity contribution is 6.05. The molecule has 0 radical (unpaired) electrons. The van der Waals surface area contributed by atoms with Gasteiger partial charge in [0.25, 0.3) is 0 Å². The molecule has 5 nitrogen and oxygen atoms in total. The standard InChI is InChI=1S/C19H31NO4/c1-12(2)15-16(13(3)4)18(22)20(17(15)21)10-14-11-23-19(24-14)8-6-5-7-9-19/h12-16H,5-11H2,1-4H3. The molecule has 3 fully saturated rings. The van der Waals surface area contributed by atoms with E-state index in [4.69, 9.17) is 9.47 Å². The van der Waals surface area contributed by atoms with Crippen molar-refractivity contribution in [1.29, 1.82) is 0 Å². The SMILES string of the molecule is CC(C)C1C(=O)N(CC2COC3(CCCCC3)O2)C(=O)C1C(C)C. The maximum absolute atomic E-state index is 12.8. The largest absolute Gasteiger partial charge is 0.347 e. The second-order valence-electron chi connectivity index (χ2n) is 8.35. The van der Waals surface area contributed by atoms with E-state index in [0.29, 0.717) is 13.2 Å². The van der Waals surface area contributed by atoms with Gasteiger partial charge in [-0.2, -0.15) is 0 Å². The lowest BCUT2D eigenvalue weighted by Crippen LogP contribution is -2.40. The first-order chi connectivity index (χ1) is 11.3. The Morgan fingerprint density at radius 1 is 1.00 bits per heavy atom. The van der Waals surface area contributed by atoms with Crippen molar-refractivity contribution in [2.75, 3.05) is 13.2 Å². The maximum Gasteiger partial charge on any atom is 0.233 e. The molecule has 2 amide bonds. The predicted molar refractivity (Wildman–Crippen MR) is 90.0 cm³/mol. The van der Waals surface area contributed by atoms with E-state index >= 15 is 0 Å². The smallest absolute Gasteiger partial charge is 0.233 e. The first kappa shape index (κ1) is 17.9. The lowest BCUT2D eigenvalue weighted by atomic mass is 9.79. The molecule has 0 aromatic carbocycles. The Kier molecular flexibility index (Phi) is 5.03. The average molecular weight is 337 g/mol. The summed E-state index contributed by atoms with van der Waals surface area (Å²) in [5, 5.41) is 0. The minimum Gasteiger partial charge on any atom is -0.347 e. The number of nitrogens with zero attached hydrogens (tertiary/aromatic N) is 1. The van der Waals surface area contributed by atoms with Gasteiger partial charge in [0.15, 0.2) is 5.79 Å². The van der Waals surface area contributed by atoms with Crippen LogP contribution in [-0.4, -0.2) is 41.8 Å². The average Bonchev–Trinajstić information content (AvgIpc) is 3.02. The van der Waals surface area contributed by atoms with Crippen LogP contribution in [0.5, 0.6) is 0 Å². The highest BCUT2D eigenvalue weighted by Crippen LogP contribution is 2.40. The summed E-state index contributed by atoms with van der Waals surface area (Å²) >= 11 is 0. The number of hydrogen-bond acceptors (Lipinski definition) is 4. The van der Waals surface area contributed by atoms with Gasteiger partial charge in [-0.05, 0) is 24.7 Å². The van der Waals surface area contributed by atoms with Gasteiger partial charge in [-0.1, -0.05) is 34.1 Å². The Morgan fingerprint density at radius 2 is 1.54 bits per heavy atom. The zero-order valence-electron chi connectivity index (χ0n) is 15.4. The van der Waals surface area contributed by atoms with E-state index in [1.54, 1.807) is 0 Å². The van der Waals surface area contributed by atoms with Gasteiger partial charge in [0.1, 0.15) is 6.10 Å². The van der Waals surface area contributed by atoms with E-state index in [0.717, 1.165) is 25.7 Å². The summed E-state index contributed by atoms with van der Waals surface area (Å²) in [5.74, 6) is -0.576. The van der Waals surface area contributed by atoms with Gasteiger partial charge in [-0.3, -0.25) is 14.5 Å². The molecule has 1 aliphatic carbocycles. The molecule has 2 aliphatic heterocycles. The molecule has 2 heterocycles. The molecule has 24 heavy (non-hydrogen) atoms. The number of ether oxygens (including phenoxy) is 2. The fraction of sp³-hybridized carbons (Fsp3) is 0.895. The van der Waals surface area contributed by atoms with Crippen LogP contribution >= 0.6 is 0 Å². The molecule has 1 saturated carbocycles. The minimum atomic E-state index is -0.455. The highest BCUT2D eigenvalue weighted by Gasteiger charge is 2.51. The van der Waals surface area contributed by atoms with Crippen LogP contribution in [0.25, 0.3) is 0 Å². The Bertz CT molecular complexity index is 470. The summed E-state index contributed by atoms with van der Waals surface area (Å²) < 4.78 is 12.1. The second-order valence-corrected chi connectivity index (χ2v) is 8.35. The highest BCUT2D eigenvalue weighted by atomic mass is 16.7. The first-order valence-corrected chi connectivity index (χ1v) is 9.51. The molecule has 1 spiro atoms. The van der Waals surface area contributed by atoms with E-state index in [1.807, 2.05) is 27.7 Å². The van der Waals surface area contributed by atoms with E-state index in [9.17, 15) is 9.59 Å². The molecule has 136 valence electrons. The first-order valence-electron chi connectivity index (χ1n) is 9.51. The molecule has 3 atom stereocenters. The molecule has 0 aromatic heterocycles. The monoisotopic (exact) mass is 337 g/mol. The molecule has 3 aliphatic rings. The summed E-state index contributed by atoms with van der Waals surface area (Å²) in [4.78, 5) is 27.1. The van der Waals surface area contributed by atoms with Gasteiger partial charge >= 0.3 is 0 Å². The number of amides is 2. The fourth-order valence-corrected chi connectivity index (χ4v) is 4.62. The topological polar surface area (TPSA) is 55.8 Å². The van der Waals surface area contributed by atoms with E-state index in [2.05, 4.69) is 0 Å². The summed E-state index contributed by atoms with van der Waals surface area (Å²) in [5.41, 5.74) is 0. The summed E-state index contributed by atoms with van der Waals surface area (Å²) in [7, 11) is 0. The zero-order valence-corrected chi connectivity index (χ0v) is 15.4. The van der Waals surface area contributed by atoms with Crippen LogP contribution in [0.15, 0.2) is 0 Å². The molecule has 3 unspecified atom stereocenters. The van der Waals surface area contributed by atoms with Gasteiger partial charge in [0.2, 0.25) is 11.8 Å². The molecular formula is C19H31NO4. The Hall–Kier alpha value is -0.940. The van der Waals surface area contributed by atoms with Gasteiger partial charge in [-0.25, -0.2) is 0 Å². The van der Waals surface area contributed by atoms with Crippen LogP contribution in [0.1, 0.15) is 59.8 Å². The van der Waals surface area contributed by atoms with Crippen molar-refractivity contribution in [3.63, 3.8) is 0 Å². The van der Waals surface area contributed by atoms with Crippen molar-refractivity contribution in [3.05, 3.63) is 0 Å². The fourth-order valence-electron chi connectivity index (χ4n) is 4.62. The lowest BCUT2D eigenvalue weighted by Gasteiger charge is -2.32. The number of hydrogen-bond donors (Lipinski definition) is 0. The van der Waals surface area contributed by atoms with Crippen molar-refractivity contribution >= 4 is 11.8 Å². The predicted octanol–water partition coefficient (Wildman–Crippen LogP) is 2.98. The van der Waals surface area contributed by atoms with E-state index in [-0.39, 0.29) is 41.6 Å². The summed E-state index contributed by atoms with van der Waals surface area (Å²) in [6.07, 6.45) is 5.14. The molecule has 3 rings (SSSR count). The van der Waals surface area contributed by atoms with Gasteiger partial charge in [0.05, 0.1) is 25.0 Å². The quantitative estimate of drug-likeness (QED) is 0.740. The number of carbonyl (C=O) groups excluding carboxylic acids is 2. The number of rotatable bonds is 4. The van der Waals surface area contributed by atoms with E-state index < -0.39 is 5.79 Å². The lowest BCUT2D eigenvalue weighted by molar-refractivity contribution is -0.189. The van der Waals surface area contributed by atoms with Crippen LogP contribution in [0.4, 0.5) is 0 Å². The molecule has 0 N–H and O–H groups in total. The van der Waals surface area contributed by atoms with Crippen LogP contribution in [0.3, 0.4) is 0 Å². The maximum atomic E-state index is 12.8. The van der Waals surface area contributed by atoms with Gasteiger partial charge < -0.3 is 9.47 Å². The Morgan fingerprint density at radius 3 is 2.04 bits per heavy atom. The number of carbonyl (C=O) groups is 2. The second kappa shape index (κ2) is 6.75. The molecule has 0 aromatic rings. The van der Waals surface area contributed by atoms with Crippen LogP contribution in [0, 0.1) is 23.7 Å². The van der Waals surface area contributed by atoms with Gasteiger partial charge in [-0.15, -0.1) is 0 Å². The van der Waals surface area contributed by atoms with Crippen molar-refractivity contribution in [2.24, 2.45) is 23.7 Å². The zero-order chi connectivity index (χ0) is 17.5. The number of likely N-dealkylation sites (tertiary alicyclic amines) is 1. The third-order valence-corrected chi connectivity index (χ3v) is 5.84. The number of imide groups is 1. The Balaban J connectivity index is 1.69. The molecule has 2 saturated heterocycles. The van der Waals surface area contributed by atoms with Crippen molar-refractivity contribution < 1.29 is 19.1 Å².